The molecule has 0 aliphatic carbocycles. The summed E-state index contributed by atoms with van der Waals surface area (Å²) in [7, 11) is 0. The molecule has 1 unspecified atom stereocenters. The molecule has 0 spiro atoms. The molecule has 0 saturated carbocycles. The summed E-state index contributed by atoms with van der Waals surface area (Å²) in [5, 5.41) is 10.7. The number of hydrogen-bond acceptors (Lipinski definition) is 3. The number of carbonyl (C=O) groups excluding carboxylic acids is 2. The minimum absolute atomic E-state index is 0.0368. The average molecular weight is 413 g/mol. The fourth-order valence-corrected chi connectivity index (χ4v) is 3.69. The van der Waals surface area contributed by atoms with Crippen LogP contribution in [0.25, 0.3) is 6.08 Å². The number of halogens is 1. The van der Waals surface area contributed by atoms with E-state index in [1.165, 1.54) is 35.2 Å². The molecule has 1 amide bonds. The number of anilines is 1. The third-order valence-electron chi connectivity index (χ3n) is 5.17. The molecule has 0 aromatic heterocycles. The van der Waals surface area contributed by atoms with Gasteiger partial charge in [-0.25, -0.2) is 4.39 Å². The molecule has 4 rings (SSSR count). The molecule has 0 bridgehead atoms. The average Bonchev–Trinajstić information content (AvgIpc) is 3.04. The Morgan fingerprint density at radius 3 is 2.39 bits per heavy atom. The number of aliphatic hydroxyl groups is 1. The Labute approximate surface area is 179 Å². The molecule has 1 heterocycles. The van der Waals surface area contributed by atoms with Crippen molar-refractivity contribution >= 4 is 23.5 Å². The van der Waals surface area contributed by atoms with E-state index in [4.69, 9.17) is 0 Å². The lowest BCUT2D eigenvalue weighted by atomic mass is 9.95. The van der Waals surface area contributed by atoms with Gasteiger partial charge in [0.2, 0.25) is 0 Å². The van der Waals surface area contributed by atoms with Crippen LogP contribution in [0.4, 0.5) is 10.1 Å². The summed E-state index contributed by atoms with van der Waals surface area (Å²) in [5.74, 6) is -2.19. The van der Waals surface area contributed by atoms with Gasteiger partial charge in [-0.15, -0.1) is 0 Å². The van der Waals surface area contributed by atoms with E-state index in [1.807, 2.05) is 43.3 Å². The first kappa shape index (κ1) is 20.3. The maximum Gasteiger partial charge on any atom is 0.294 e. The number of rotatable bonds is 5. The van der Waals surface area contributed by atoms with Gasteiger partial charge in [-0.1, -0.05) is 60.7 Å². The number of benzene rings is 3. The molecule has 0 fully saturated rings. The molecule has 3 aromatic rings. The van der Waals surface area contributed by atoms with E-state index < -0.39 is 29.3 Å². The zero-order chi connectivity index (χ0) is 22.0. The topological polar surface area (TPSA) is 57.6 Å². The normalized spacial score (nSPS) is 16.4. The van der Waals surface area contributed by atoms with E-state index >= 15 is 0 Å². The summed E-state index contributed by atoms with van der Waals surface area (Å²) in [6, 6.07) is 21.2. The molecular formula is C26H20FNO3. The Kier molecular flexibility index (Phi) is 5.50. The summed E-state index contributed by atoms with van der Waals surface area (Å²) in [6.07, 6.45) is 2.97. The van der Waals surface area contributed by atoms with Crippen LogP contribution in [-0.4, -0.2) is 16.8 Å². The summed E-state index contributed by atoms with van der Waals surface area (Å²) in [6.45, 7) is 1.89. The van der Waals surface area contributed by atoms with Crippen LogP contribution in [0.15, 0.2) is 96.3 Å². The van der Waals surface area contributed by atoms with Crippen LogP contribution in [0.5, 0.6) is 0 Å². The van der Waals surface area contributed by atoms with Gasteiger partial charge in [0.25, 0.3) is 5.91 Å². The Morgan fingerprint density at radius 1 is 1.00 bits per heavy atom. The first-order valence-corrected chi connectivity index (χ1v) is 9.82. The summed E-state index contributed by atoms with van der Waals surface area (Å²) >= 11 is 0. The van der Waals surface area contributed by atoms with Gasteiger partial charge in [-0.3, -0.25) is 14.5 Å². The number of aliphatic hydroxyl groups excluding tert-OH is 1. The third-order valence-corrected chi connectivity index (χ3v) is 5.17. The molecule has 5 heteroatoms. The van der Waals surface area contributed by atoms with Crippen LogP contribution in [0, 0.1) is 12.7 Å². The van der Waals surface area contributed by atoms with Crippen LogP contribution in [0.2, 0.25) is 0 Å². The van der Waals surface area contributed by atoms with Crippen LogP contribution < -0.4 is 4.90 Å². The van der Waals surface area contributed by atoms with E-state index in [9.17, 15) is 19.1 Å². The fourth-order valence-electron chi connectivity index (χ4n) is 3.69. The molecule has 1 N–H and O–H groups in total. The summed E-state index contributed by atoms with van der Waals surface area (Å²) in [4.78, 5) is 27.5. The molecule has 1 aliphatic rings. The van der Waals surface area contributed by atoms with Crippen molar-refractivity contribution < 1.29 is 19.1 Å². The lowest BCUT2D eigenvalue weighted by Gasteiger charge is -2.27. The lowest BCUT2D eigenvalue weighted by Crippen LogP contribution is -2.31. The molecule has 0 saturated heterocycles. The largest absolute Gasteiger partial charge is 0.503 e. The van der Waals surface area contributed by atoms with Gasteiger partial charge in [-0.2, -0.15) is 0 Å². The second kappa shape index (κ2) is 8.40. The van der Waals surface area contributed by atoms with Crippen LogP contribution in [0.1, 0.15) is 22.7 Å². The van der Waals surface area contributed by atoms with Crippen molar-refractivity contribution in [1.82, 2.24) is 0 Å². The zero-order valence-corrected chi connectivity index (χ0v) is 16.8. The van der Waals surface area contributed by atoms with Crippen molar-refractivity contribution in [3.8, 4) is 0 Å². The number of aryl methyl sites for hydroxylation is 1. The molecule has 31 heavy (non-hydrogen) atoms. The van der Waals surface area contributed by atoms with Gasteiger partial charge >= 0.3 is 0 Å². The number of allylic oxidation sites excluding steroid dienone is 1. The Hall–Kier alpha value is -3.99. The van der Waals surface area contributed by atoms with E-state index in [0.717, 1.165) is 11.1 Å². The second-order valence-corrected chi connectivity index (χ2v) is 7.34. The SMILES string of the molecule is Cc1cccc(N2C(=O)C(O)=C(C(=O)C=Cc3ccccc3)C2c2ccc(F)cc2)c1. The molecule has 1 atom stereocenters. The minimum atomic E-state index is -0.872. The first-order valence-electron chi connectivity index (χ1n) is 9.82. The van der Waals surface area contributed by atoms with Crippen molar-refractivity contribution in [2.24, 2.45) is 0 Å². The van der Waals surface area contributed by atoms with E-state index in [2.05, 4.69) is 0 Å². The first-order chi connectivity index (χ1) is 15.0. The van der Waals surface area contributed by atoms with Crippen molar-refractivity contribution in [3.63, 3.8) is 0 Å². The highest BCUT2D eigenvalue weighted by molar-refractivity contribution is 6.19. The number of hydrogen-bond donors (Lipinski definition) is 1. The molecule has 3 aromatic carbocycles. The highest BCUT2D eigenvalue weighted by atomic mass is 19.1. The number of carbonyl (C=O) groups is 2. The van der Waals surface area contributed by atoms with Gasteiger partial charge in [0.05, 0.1) is 11.6 Å². The van der Waals surface area contributed by atoms with Gasteiger partial charge in [0, 0.05) is 5.69 Å². The van der Waals surface area contributed by atoms with Crippen molar-refractivity contribution in [3.05, 3.63) is 119 Å². The molecule has 4 nitrogen and oxygen atoms in total. The van der Waals surface area contributed by atoms with Crippen LogP contribution >= 0.6 is 0 Å². The predicted octanol–water partition coefficient (Wildman–Crippen LogP) is 5.32. The highest BCUT2D eigenvalue weighted by Crippen LogP contribution is 2.41. The van der Waals surface area contributed by atoms with E-state index in [0.29, 0.717) is 11.3 Å². The molecule has 154 valence electrons. The lowest BCUT2D eigenvalue weighted by molar-refractivity contribution is -0.117. The molecular weight excluding hydrogens is 393 g/mol. The van der Waals surface area contributed by atoms with Crippen molar-refractivity contribution in [1.29, 1.82) is 0 Å². The van der Waals surface area contributed by atoms with E-state index in [-0.39, 0.29) is 5.57 Å². The van der Waals surface area contributed by atoms with Gasteiger partial charge < -0.3 is 5.11 Å². The summed E-state index contributed by atoms with van der Waals surface area (Å²) in [5.41, 5.74) is 2.77. The van der Waals surface area contributed by atoms with Crippen LogP contribution in [0.3, 0.4) is 0 Å². The number of amides is 1. The predicted molar refractivity (Wildman–Crippen MR) is 118 cm³/mol. The van der Waals surface area contributed by atoms with Gasteiger partial charge in [0.1, 0.15) is 5.82 Å². The standard InChI is InChI=1S/C26H20FNO3/c1-17-6-5-9-21(16-17)28-24(19-11-13-20(27)14-12-19)23(25(30)26(28)31)22(29)15-10-18-7-3-2-4-8-18/h2-16,24,30H,1H3. The second-order valence-electron chi connectivity index (χ2n) is 7.34. The van der Waals surface area contributed by atoms with E-state index in [1.54, 1.807) is 24.3 Å². The minimum Gasteiger partial charge on any atom is -0.503 e. The van der Waals surface area contributed by atoms with Crippen molar-refractivity contribution in [2.75, 3.05) is 4.90 Å². The van der Waals surface area contributed by atoms with Gasteiger partial charge in [0.15, 0.2) is 11.5 Å². The Balaban J connectivity index is 1.79. The Bertz CT molecular complexity index is 1200. The monoisotopic (exact) mass is 413 g/mol. The maximum atomic E-state index is 13.5. The summed E-state index contributed by atoms with van der Waals surface area (Å²) < 4.78 is 13.5. The van der Waals surface area contributed by atoms with Gasteiger partial charge in [-0.05, 0) is 54.0 Å². The quantitative estimate of drug-likeness (QED) is 0.576. The van der Waals surface area contributed by atoms with Crippen molar-refractivity contribution in [2.45, 2.75) is 13.0 Å². The van der Waals surface area contributed by atoms with Crippen LogP contribution in [-0.2, 0) is 9.59 Å². The highest BCUT2D eigenvalue weighted by Gasteiger charge is 2.43. The fraction of sp³-hybridized carbons (Fsp3) is 0.0769. The zero-order valence-electron chi connectivity index (χ0n) is 16.8. The Morgan fingerprint density at radius 2 is 1.71 bits per heavy atom. The number of ketones is 1. The molecule has 0 radical (unpaired) electrons. The third kappa shape index (κ3) is 4.03. The smallest absolute Gasteiger partial charge is 0.294 e. The molecule has 1 aliphatic heterocycles. The maximum absolute atomic E-state index is 13.5. The number of nitrogens with zero attached hydrogens (tertiary/aromatic N) is 1.